The zero-order chi connectivity index (χ0) is 21.5. The lowest BCUT2D eigenvalue weighted by atomic mass is 10.1. The maximum atomic E-state index is 13.5. The van der Waals surface area contributed by atoms with Gasteiger partial charge >= 0.3 is 0 Å². The zero-order valence-corrected chi connectivity index (χ0v) is 16.4. The van der Waals surface area contributed by atoms with Crippen LogP contribution in [0.15, 0.2) is 79.3 Å². The fourth-order valence-corrected chi connectivity index (χ4v) is 3.05. The van der Waals surface area contributed by atoms with E-state index in [0.717, 1.165) is 5.56 Å². The van der Waals surface area contributed by atoms with Gasteiger partial charge in [-0.05, 0) is 34.2 Å². The minimum absolute atomic E-state index is 0.171. The van der Waals surface area contributed by atoms with Gasteiger partial charge in [0.25, 0.3) is 0 Å². The number of carbonyl (C=O) groups is 1. The number of aromatic nitrogens is 5. The van der Waals surface area contributed by atoms with Crippen molar-refractivity contribution < 1.29 is 13.9 Å². The van der Waals surface area contributed by atoms with Gasteiger partial charge in [-0.15, -0.1) is 5.10 Å². The highest BCUT2D eigenvalue weighted by molar-refractivity contribution is 5.80. The molecule has 0 saturated heterocycles. The summed E-state index contributed by atoms with van der Waals surface area (Å²) in [6.07, 6.45) is 3.41. The minimum Gasteiger partial charge on any atom is -0.439 e. The second-order valence-corrected chi connectivity index (χ2v) is 6.74. The van der Waals surface area contributed by atoms with Crippen LogP contribution < -0.4 is 10.1 Å². The molecule has 1 N–H and O–H groups in total. The average molecular weight is 418 g/mol. The number of nitrogens with zero attached hydrogens (tertiary/aromatic N) is 5. The average Bonchev–Trinajstić information content (AvgIpc) is 3.32. The van der Waals surface area contributed by atoms with Crippen LogP contribution >= 0.6 is 0 Å². The lowest BCUT2D eigenvalue weighted by molar-refractivity contribution is -0.124. The second kappa shape index (κ2) is 9.57. The zero-order valence-electron chi connectivity index (χ0n) is 16.4. The third kappa shape index (κ3) is 5.27. The summed E-state index contributed by atoms with van der Waals surface area (Å²) in [4.78, 5) is 17.2. The number of tetrazole rings is 1. The van der Waals surface area contributed by atoms with E-state index in [9.17, 15) is 9.18 Å². The van der Waals surface area contributed by atoms with Gasteiger partial charge < -0.3 is 10.1 Å². The van der Waals surface area contributed by atoms with Crippen LogP contribution in [0.2, 0.25) is 0 Å². The maximum Gasteiger partial charge on any atom is 0.245 e. The van der Waals surface area contributed by atoms with Gasteiger partial charge in [-0.3, -0.25) is 4.79 Å². The molecule has 156 valence electrons. The number of ether oxygens (including phenoxy) is 1. The van der Waals surface area contributed by atoms with Crippen molar-refractivity contribution >= 4 is 5.91 Å². The van der Waals surface area contributed by atoms with Gasteiger partial charge in [0, 0.05) is 30.8 Å². The molecule has 31 heavy (non-hydrogen) atoms. The van der Waals surface area contributed by atoms with E-state index in [2.05, 4.69) is 25.8 Å². The van der Waals surface area contributed by atoms with E-state index >= 15 is 0 Å². The molecule has 2 heterocycles. The number of rotatable bonds is 8. The van der Waals surface area contributed by atoms with Crippen molar-refractivity contribution in [1.29, 1.82) is 0 Å². The summed E-state index contributed by atoms with van der Waals surface area (Å²) in [5, 5.41) is 14.1. The van der Waals surface area contributed by atoms with E-state index in [1.165, 1.54) is 23.1 Å². The van der Waals surface area contributed by atoms with Gasteiger partial charge in [0.2, 0.25) is 11.8 Å². The van der Waals surface area contributed by atoms with Crippen molar-refractivity contribution in [2.45, 2.75) is 19.0 Å². The smallest absolute Gasteiger partial charge is 0.245 e. The molecule has 4 aromatic rings. The molecule has 0 fully saturated rings. The molecule has 9 heteroatoms. The van der Waals surface area contributed by atoms with E-state index < -0.39 is 11.9 Å². The topological polar surface area (TPSA) is 94.8 Å². The maximum absolute atomic E-state index is 13.5. The molecule has 8 nitrogen and oxygen atoms in total. The quantitative estimate of drug-likeness (QED) is 0.473. The first-order valence-electron chi connectivity index (χ1n) is 9.60. The van der Waals surface area contributed by atoms with Crippen molar-refractivity contribution in [1.82, 2.24) is 30.5 Å². The predicted molar refractivity (Wildman–Crippen MR) is 110 cm³/mol. The van der Waals surface area contributed by atoms with Crippen molar-refractivity contribution in [3.8, 4) is 11.6 Å². The Morgan fingerprint density at radius 3 is 2.74 bits per heavy atom. The van der Waals surface area contributed by atoms with Crippen LogP contribution in [0, 0.1) is 5.82 Å². The second-order valence-electron chi connectivity index (χ2n) is 6.74. The van der Waals surface area contributed by atoms with Crippen molar-refractivity contribution in [2.75, 3.05) is 0 Å². The number of nitrogens with one attached hydrogen (secondary N) is 1. The Bertz CT molecular complexity index is 1140. The molecule has 0 radical (unpaired) electrons. The number of halogens is 1. The van der Waals surface area contributed by atoms with Crippen LogP contribution in [0.4, 0.5) is 4.39 Å². The molecule has 2 aromatic carbocycles. The number of pyridine rings is 1. The molecule has 1 amide bonds. The highest BCUT2D eigenvalue weighted by Crippen LogP contribution is 2.23. The Balaban J connectivity index is 1.48. The van der Waals surface area contributed by atoms with Crippen LogP contribution in [-0.2, 0) is 17.8 Å². The molecule has 1 atom stereocenters. The van der Waals surface area contributed by atoms with Crippen LogP contribution in [0.25, 0.3) is 0 Å². The van der Waals surface area contributed by atoms with Crippen LogP contribution in [0.1, 0.15) is 17.2 Å². The van der Waals surface area contributed by atoms with E-state index in [1.54, 1.807) is 30.5 Å². The van der Waals surface area contributed by atoms with Gasteiger partial charge in [-0.2, -0.15) is 0 Å². The summed E-state index contributed by atoms with van der Waals surface area (Å²) in [7, 11) is 0. The first-order valence-corrected chi connectivity index (χ1v) is 9.60. The molecule has 0 aliphatic heterocycles. The van der Waals surface area contributed by atoms with E-state index in [4.69, 9.17) is 4.74 Å². The summed E-state index contributed by atoms with van der Waals surface area (Å²) in [6, 6.07) is 18.3. The lowest BCUT2D eigenvalue weighted by Gasteiger charge is -2.17. The highest BCUT2D eigenvalue weighted by Gasteiger charge is 2.22. The third-order valence-electron chi connectivity index (χ3n) is 4.57. The molecule has 0 saturated carbocycles. The van der Waals surface area contributed by atoms with Crippen LogP contribution in [0.3, 0.4) is 0 Å². The molecule has 1 unspecified atom stereocenters. The first kappa shape index (κ1) is 20.1. The monoisotopic (exact) mass is 418 g/mol. The summed E-state index contributed by atoms with van der Waals surface area (Å²) < 4.78 is 20.6. The Kier molecular flexibility index (Phi) is 6.22. The summed E-state index contributed by atoms with van der Waals surface area (Å²) >= 11 is 0. The fraction of sp³-hybridized carbons (Fsp3) is 0.136. The number of benzene rings is 2. The third-order valence-corrected chi connectivity index (χ3v) is 4.57. The summed E-state index contributed by atoms with van der Waals surface area (Å²) in [6.45, 7) is 0.171. The number of amides is 1. The minimum atomic E-state index is -0.623. The number of carbonyl (C=O) groups excluding carboxylic acids is 1. The Labute approximate surface area is 177 Å². The van der Waals surface area contributed by atoms with Crippen LogP contribution in [0.5, 0.6) is 11.6 Å². The summed E-state index contributed by atoms with van der Waals surface area (Å²) in [5.41, 5.74) is 1.63. The fourth-order valence-electron chi connectivity index (χ4n) is 3.05. The highest BCUT2D eigenvalue weighted by atomic mass is 19.1. The van der Waals surface area contributed by atoms with Gasteiger partial charge in [-0.25, -0.2) is 14.1 Å². The molecular weight excluding hydrogens is 399 g/mol. The van der Waals surface area contributed by atoms with Gasteiger partial charge in [-0.1, -0.05) is 42.5 Å². The van der Waals surface area contributed by atoms with E-state index in [1.807, 2.05) is 30.3 Å². The largest absolute Gasteiger partial charge is 0.439 e. The normalized spacial score (nSPS) is 11.6. The van der Waals surface area contributed by atoms with Crippen molar-refractivity contribution in [3.63, 3.8) is 0 Å². The standard InChI is InChI=1S/C22H19FN6O2/c23-18-9-4-10-19(13-18)31-22-17(8-5-11-24-22)14-25-21(30)20(29-15-26-27-28-29)12-16-6-2-1-3-7-16/h1-11,13,15,20H,12,14H2,(H,25,30). The predicted octanol–water partition coefficient (Wildman–Crippen LogP) is 3.10. The number of hydrogen-bond acceptors (Lipinski definition) is 6. The van der Waals surface area contributed by atoms with Crippen molar-refractivity contribution in [2.24, 2.45) is 0 Å². The molecule has 0 aliphatic rings. The lowest BCUT2D eigenvalue weighted by Crippen LogP contribution is -2.34. The van der Waals surface area contributed by atoms with E-state index in [-0.39, 0.29) is 18.3 Å². The summed E-state index contributed by atoms with van der Waals surface area (Å²) in [5.74, 6) is -0.0532. The van der Waals surface area contributed by atoms with Gasteiger partial charge in [0.1, 0.15) is 23.9 Å². The molecular formula is C22H19FN6O2. The molecule has 0 aliphatic carbocycles. The van der Waals surface area contributed by atoms with Crippen LogP contribution in [-0.4, -0.2) is 31.1 Å². The van der Waals surface area contributed by atoms with Gasteiger partial charge in [0.05, 0.1) is 0 Å². The Hall–Kier alpha value is -4.14. The SMILES string of the molecule is O=C(NCc1cccnc1Oc1cccc(F)c1)C(Cc1ccccc1)n1cnnn1. The van der Waals surface area contributed by atoms with Gasteiger partial charge in [0.15, 0.2) is 0 Å². The Morgan fingerprint density at radius 1 is 1.10 bits per heavy atom. The molecule has 0 spiro atoms. The Morgan fingerprint density at radius 2 is 1.97 bits per heavy atom. The molecule has 4 rings (SSSR count). The molecule has 2 aromatic heterocycles. The molecule has 0 bridgehead atoms. The van der Waals surface area contributed by atoms with E-state index in [0.29, 0.717) is 17.7 Å². The first-order chi connectivity index (χ1) is 15.2. The number of hydrogen-bond donors (Lipinski definition) is 1. The van der Waals surface area contributed by atoms with Crippen molar-refractivity contribution in [3.05, 3.63) is 96.2 Å².